The van der Waals surface area contributed by atoms with E-state index in [0.717, 1.165) is 5.56 Å². The molecular weight excluding hydrogens is 404 g/mol. The number of likely N-dealkylation sites (tertiary alicyclic amines) is 1. The maximum atomic E-state index is 13.0. The molecule has 170 valence electrons. The molecule has 0 radical (unpaired) electrons. The second-order valence-corrected chi connectivity index (χ2v) is 8.76. The second-order valence-electron chi connectivity index (χ2n) is 8.76. The van der Waals surface area contributed by atoms with Crippen molar-refractivity contribution >= 4 is 18.0 Å². The summed E-state index contributed by atoms with van der Waals surface area (Å²) in [5.74, 6) is -0.812. The van der Waals surface area contributed by atoms with E-state index in [2.05, 4.69) is 5.32 Å². The first kappa shape index (κ1) is 23.0. The number of amides is 2. The number of hydrogen-bond donors (Lipinski definition) is 1. The van der Waals surface area contributed by atoms with Crippen molar-refractivity contribution in [2.75, 3.05) is 13.2 Å². The highest BCUT2D eigenvalue weighted by Crippen LogP contribution is 2.35. The number of nitrogens with zero attached hydrogens (tertiary/aromatic N) is 1. The fourth-order valence-corrected chi connectivity index (χ4v) is 3.84. The molecule has 0 aromatic heterocycles. The Balaban J connectivity index is 1.93. The molecule has 9 nitrogen and oxygen atoms in total. The van der Waals surface area contributed by atoms with Gasteiger partial charge in [0.15, 0.2) is 12.4 Å². The molecule has 1 N–H and O–H groups in total. The molecule has 2 heterocycles. The lowest BCUT2D eigenvalue weighted by Crippen LogP contribution is -2.70. The van der Waals surface area contributed by atoms with E-state index in [9.17, 15) is 14.4 Å². The van der Waals surface area contributed by atoms with Gasteiger partial charge in [-0.05, 0) is 20.8 Å². The number of esters is 1. The SMILES string of the molecule is CC(=O)N[C@H]1CN(C(=O)OC(C)(C)C)[C@@H]2COC(c3ccccc3)O[C@H]2[C@@H]1OC(C)=O. The minimum atomic E-state index is -0.791. The molecule has 0 aliphatic carbocycles. The first-order valence-electron chi connectivity index (χ1n) is 10.3. The van der Waals surface area contributed by atoms with Crippen molar-refractivity contribution in [3.8, 4) is 0 Å². The number of rotatable bonds is 3. The highest BCUT2D eigenvalue weighted by atomic mass is 16.7. The van der Waals surface area contributed by atoms with Gasteiger partial charge < -0.3 is 24.3 Å². The van der Waals surface area contributed by atoms with Crippen LogP contribution >= 0.6 is 0 Å². The molecule has 2 amide bonds. The van der Waals surface area contributed by atoms with Crippen LogP contribution in [-0.4, -0.2) is 65.9 Å². The summed E-state index contributed by atoms with van der Waals surface area (Å²) in [4.78, 5) is 38.1. The van der Waals surface area contributed by atoms with E-state index in [1.165, 1.54) is 18.7 Å². The molecule has 5 atom stereocenters. The third-order valence-electron chi connectivity index (χ3n) is 4.98. The minimum Gasteiger partial charge on any atom is -0.457 e. The van der Waals surface area contributed by atoms with Crippen LogP contribution in [0.2, 0.25) is 0 Å². The van der Waals surface area contributed by atoms with Gasteiger partial charge >= 0.3 is 12.1 Å². The minimum absolute atomic E-state index is 0.0936. The van der Waals surface area contributed by atoms with Crippen molar-refractivity contribution in [3.63, 3.8) is 0 Å². The molecule has 2 fully saturated rings. The first-order chi connectivity index (χ1) is 14.5. The van der Waals surface area contributed by atoms with E-state index >= 15 is 0 Å². The zero-order valence-electron chi connectivity index (χ0n) is 18.5. The monoisotopic (exact) mass is 434 g/mol. The third kappa shape index (κ3) is 5.74. The predicted molar refractivity (Wildman–Crippen MR) is 110 cm³/mol. The quantitative estimate of drug-likeness (QED) is 0.727. The zero-order valence-corrected chi connectivity index (χ0v) is 18.5. The zero-order chi connectivity index (χ0) is 22.8. The number of carbonyl (C=O) groups excluding carboxylic acids is 3. The molecule has 1 unspecified atom stereocenters. The number of fused-ring (bicyclic) bond motifs is 1. The number of benzene rings is 1. The molecule has 1 aromatic carbocycles. The van der Waals surface area contributed by atoms with Crippen molar-refractivity contribution in [2.45, 2.75) is 70.8 Å². The maximum Gasteiger partial charge on any atom is 0.410 e. The fourth-order valence-electron chi connectivity index (χ4n) is 3.84. The highest BCUT2D eigenvalue weighted by Gasteiger charge is 2.52. The van der Waals surface area contributed by atoms with Crippen LogP contribution in [-0.2, 0) is 28.5 Å². The van der Waals surface area contributed by atoms with Gasteiger partial charge in [0.25, 0.3) is 0 Å². The smallest absolute Gasteiger partial charge is 0.410 e. The number of carbonyl (C=O) groups is 3. The standard InChI is InChI=1S/C22H30N2O7/c1-13(25)23-16-11-24(21(27)31-22(3,4)5)17-12-28-20(15-9-7-6-8-10-15)30-19(17)18(16)29-14(2)26/h6-10,16-20H,11-12H2,1-5H3,(H,23,25)/t16-,17+,18+,19+,20?/m0/s1. The van der Waals surface area contributed by atoms with Crippen molar-refractivity contribution in [1.82, 2.24) is 10.2 Å². The van der Waals surface area contributed by atoms with Crippen molar-refractivity contribution in [3.05, 3.63) is 35.9 Å². The normalized spacial score (nSPS) is 28.3. The summed E-state index contributed by atoms with van der Waals surface area (Å²) in [7, 11) is 0. The van der Waals surface area contributed by atoms with Gasteiger partial charge in [-0.25, -0.2) is 4.79 Å². The fraction of sp³-hybridized carbons (Fsp3) is 0.591. The molecule has 2 saturated heterocycles. The lowest BCUT2D eigenvalue weighted by molar-refractivity contribution is -0.277. The van der Waals surface area contributed by atoms with Gasteiger partial charge in [0.1, 0.15) is 11.7 Å². The van der Waals surface area contributed by atoms with Gasteiger partial charge in [-0.3, -0.25) is 14.5 Å². The van der Waals surface area contributed by atoms with Crippen LogP contribution in [0.15, 0.2) is 30.3 Å². The molecule has 31 heavy (non-hydrogen) atoms. The molecule has 2 aliphatic heterocycles. The summed E-state index contributed by atoms with van der Waals surface area (Å²) in [6, 6.07) is 8.14. The van der Waals surface area contributed by atoms with E-state index in [4.69, 9.17) is 18.9 Å². The summed E-state index contributed by atoms with van der Waals surface area (Å²) >= 11 is 0. The van der Waals surface area contributed by atoms with E-state index in [-0.39, 0.29) is 19.1 Å². The summed E-state index contributed by atoms with van der Waals surface area (Å²) in [5.41, 5.74) is 0.0965. The lowest BCUT2D eigenvalue weighted by Gasteiger charge is -2.51. The van der Waals surface area contributed by atoms with E-state index < -0.39 is 48.2 Å². The first-order valence-corrected chi connectivity index (χ1v) is 10.3. The molecule has 0 bridgehead atoms. The van der Waals surface area contributed by atoms with E-state index in [0.29, 0.717) is 0 Å². The topological polar surface area (TPSA) is 103 Å². The van der Waals surface area contributed by atoms with Crippen molar-refractivity contribution in [2.24, 2.45) is 0 Å². The van der Waals surface area contributed by atoms with Crippen LogP contribution in [0.4, 0.5) is 4.79 Å². The number of ether oxygens (including phenoxy) is 4. The Morgan fingerprint density at radius 3 is 2.39 bits per heavy atom. The molecular formula is C22H30N2O7. The van der Waals surface area contributed by atoms with Crippen LogP contribution < -0.4 is 5.32 Å². The van der Waals surface area contributed by atoms with Gasteiger partial charge in [-0.1, -0.05) is 30.3 Å². The Kier molecular flexibility index (Phi) is 6.86. The largest absolute Gasteiger partial charge is 0.457 e. The van der Waals surface area contributed by atoms with E-state index in [1.54, 1.807) is 20.8 Å². The van der Waals surface area contributed by atoms with Crippen LogP contribution in [0.5, 0.6) is 0 Å². The van der Waals surface area contributed by atoms with Crippen molar-refractivity contribution in [1.29, 1.82) is 0 Å². The maximum absolute atomic E-state index is 13.0. The van der Waals surface area contributed by atoms with Gasteiger partial charge in [0.2, 0.25) is 5.91 Å². The van der Waals surface area contributed by atoms with Gasteiger partial charge in [0, 0.05) is 26.0 Å². The Morgan fingerprint density at radius 2 is 1.81 bits per heavy atom. The average Bonchev–Trinajstić information content (AvgIpc) is 2.67. The molecule has 2 aliphatic rings. The summed E-state index contributed by atoms with van der Waals surface area (Å²) in [5, 5.41) is 2.79. The second kappa shape index (κ2) is 9.23. The molecule has 1 aromatic rings. The predicted octanol–water partition coefficient (Wildman–Crippen LogP) is 2.16. The van der Waals surface area contributed by atoms with Crippen LogP contribution in [0.25, 0.3) is 0 Å². The highest BCUT2D eigenvalue weighted by molar-refractivity contribution is 5.74. The summed E-state index contributed by atoms with van der Waals surface area (Å²) < 4.78 is 23.3. The Hall–Kier alpha value is -2.65. The Bertz CT molecular complexity index is 808. The Labute approximate surface area is 182 Å². The van der Waals surface area contributed by atoms with Gasteiger partial charge in [-0.2, -0.15) is 0 Å². The number of nitrogens with one attached hydrogen (secondary N) is 1. The summed E-state index contributed by atoms with van der Waals surface area (Å²) in [6.07, 6.45) is -2.76. The van der Waals surface area contributed by atoms with Crippen LogP contribution in [0, 0.1) is 0 Å². The van der Waals surface area contributed by atoms with Gasteiger partial charge in [0.05, 0.1) is 18.7 Å². The average molecular weight is 434 g/mol. The number of hydrogen-bond acceptors (Lipinski definition) is 7. The molecule has 0 spiro atoms. The molecule has 0 saturated carbocycles. The Morgan fingerprint density at radius 1 is 1.13 bits per heavy atom. The summed E-state index contributed by atoms with van der Waals surface area (Å²) in [6.45, 7) is 8.25. The third-order valence-corrected chi connectivity index (χ3v) is 4.98. The van der Waals surface area contributed by atoms with Crippen LogP contribution in [0.3, 0.4) is 0 Å². The van der Waals surface area contributed by atoms with Gasteiger partial charge in [-0.15, -0.1) is 0 Å². The molecule has 9 heteroatoms. The lowest BCUT2D eigenvalue weighted by atomic mass is 9.91. The van der Waals surface area contributed by atoms with Crippen LogP contribution in [0.1, 0.15) is 46.5 Å². The van der Waals surface area contributed by atoms with E-state index in [1.807, 2.05) is 30.3 Å². The van der Waals surface area contributed by atoms with Crippen molar-refractivity contribution < 1.29 is 33.3 Å². The number of piperidine rings is 1. The molecule has 3 rings (SSSR count).